The van der Waals surface area contributed by atoms with Crippen LogP contribution in [0.4, 0.5) is 4.39 Å². The molecular weight excluding hydrogens is 447 g/mol. The second kappa shape index (κ2) is 10.2. The van der Waals surface area contributed by atoms with Gasteiger partial charge in [-0.3, -0.25) is 4.79 Å². The summed E-state index contributed by atoms with van der Waals surface area (Å²) in [6.45, 7) is 1.95. The van der Waals surface area contributed by atoms with Crippen molar-refractivity contribution in [3.05, 3.63) is 101 Å². The van der Waals surface area contributed by atoms with Gasteiger partial charge in [-0.1, -0.05) is 78.5 Å². The Morgan fingerprint density at radius 2 is 1.65 bits per heavy atom. The monoisotopic (exact) mass is 472 g/mol. The molecule has 1 amide bonds. The van der Waals surface area contributed by atoms with E-state index in [-0.39, 0.29) is 17.5 Å². The van der Waals surface area contributed by atoms with E-state index in [1.807, 2.05) is 39.8 Å². The molecule has 3 aromatic carbocycles. The molecule has 1 aromatic heterocycles. The van der Waals surface area contributed by atoms with Crippen LogP contribution in [0.15, 0.2) is 84.0 Å². The van der Waals surface area contributed by atoms with Crippen LogP contribution < -0.4 is 0 Å². The number of fused-ring (bicyclic) bond motifs is 1. The van der Waals surface area contributed by atoms with Gasteiger partial charge >= 0.3 is 0 Å². The number of aromatic nitrogens is 3. The number of benzene rings is 3. The normalized spacial score (nSPS) is 13.0. The van der Waals surface area contributed by atoms with Gasteiger partial charge in [0, 0.05) is 19.6 Å². The first-order valence-electron chi connectivity index (χ1n) is 11.4. The molecule has 2 heterocycles. The standard InChI is InChI=1S/C27H25FN4OS/c28-24-13-7-6-12-23(24)26-29-30-27(32(26)17-14-20-8-2-1-3-9-20)34-19-25(33)31-16-15-21-10-4-5-11-22(21)18-31/h1-13H,14-19H2. The molecule has 34 heavy (non-hydrogen) atoms. The second-order valence-corrected chi connectivity index (χ2v) is 9.24. The van der Waals surface area contributed by atoms with E-state index in [1.165, 1.54) is 34.5 Å². The molecule has 0 unspecified atom stereocenters. The highest BCUT2D eigenvalue weighted by Gasteiger charge is 2.22. The van der Waals surface area contributed by atoms with Crippen LogP contribution >= 0.6 is 11.8 Å². The Labute approximate surface area is 202 Å². The predicted octanol–water partition coefficient (Wildman–Crippen LogP) is 5.00. The zero-order chi connectivity index (χ0) is 23.3. The summed E-state index contributed by atoms with van der Waals surface area (Å²) < 4.78 is 16.5. The van der Waals surface area contributed by atoms with E-state index in [4.69, 9.17) is 0 Å². The third-order valence-corrected chi connectivity index (χ3v) is 7.06. The fourth-order valence-electron chi connectivity index (χ4n) is 4.25. The molecule has 0 saturated carbocycles. The van der Waals surface area contributed by atoms with E-state index in [1.54, 1.807) is 18.2 Å². The van der Waals surface area contributed by atoms with Crippen molar-refractivity contribution >= 4 is 17.7 Å². The first-order chi connectivity index (χ1) is 16.7. The highest BCUT2D eigenvalue weighted by atomic mass is 32.2. The van der Waals surface area contributed by atoms with Gasteiger partial charge in [0.1, 0.15) is 5.82 Å². The van der Waals surface area contributed by atoms with Crippen molar-refractivity contribution in [1.29, 1.82) is 0 Å². The van der Waals surface area contributed by atoms with Gasteiger partial charge in [0.25, 0.3) is 0 Å². The fourth-order valence-corrected chi connectivity index (χ4v) is 5.12. The number of carbonyl (C=O) groups excluding carboxylic acids is 1. The Balaban J connectivity index is 1.33. The van der Waals surface area contributed by atoms with Crippen molar-refractivity contribution in [1.82, 2.24) is 19.7 Å². The van der Waals surface area contributed by atoms with Crippen LogP contribution in [-0.4, -0.2) is 37.9 Å². The smallest absolute Gasteiger partial charge is 0.233 e. The van der Waals surface area contributed by atoms with Gasteiger partial charge in [-0.2, -0.15) is 0 Å². The molecule has 172 valence electrons. The summed E-state index contributed by atoms with van der Waals surface area (Å²) in [5, 5.41) is 9.27. The number of hydrogen-bond acceptors (Lipinski definition) is 4. The Kier molecular flexibility index (Phi) is 6.72. The minimum absolute atomic E-state index is 0.0737. The fraction of sp³-hybridized carbons (Fsp3) is 0.222. The predicted molar refractivity (Wildman–Crippen MR) is 132 cm³/mol. The molecular formula is C27H25FN4OS. The Morgan fingerprint density at radius 1 is 0.912 bits per heavy atom. The second-order valence-electron chi connectivity index (χ2n) is 8.30. The summed E-state index contributed by atoms with van der Waals surface area (Å²) in [6, 6.07) is 25.0. The lowest BCUT2D eigenvalue weighted by Gasteiger charge is -2.28. The number of halogens is 1. The zero-order valence-corrected chi connectivity index (χ0v) is 19.5. The molecule has 0 saturated heterocycles. The van der Waals surface area contributed by atoms with Gasteiger partial charge < -0.3 is 9.47 Å². The third-order valence-electron chi connectivity index (χ3n) is 6.11. The maximum Gasteiger partial charge on any atom is 0.233 e. The summed E-state index contributed by atoms with van der Waals surface area (Å²) in [5.41, 5.74) is 4.11. The van der Waals surface area contributed by atoms with Gasteiger partial charge in [-0.15, -0.1) is 10.2 Å². The molecule has 4 aromatic rings. The lowest BCUT2D eigenvalue weighted by atomic mass is 10.00. The number of carbonyl (C=O) groups is 1. The SMILES string of the molecule is O=C(CSc1nnc(-c2ccccc2F)n1CCc1ccccc1)N1CCc2ccccc2C1. The van der Waals surface area contributed by atoms with Crippen LogP contribution in [-0.2, 0) is 30.7 Å². The van der Waals surface area contributed by atoms with Crippen LogP contribution in [0.3, 0.4) is 0 Å². The maximum atomic E-state index is 14.6. The van der Waals surface area contributed by atoms with E-state index in [2.05, 4.69) is 34.5 Å². The molecule has 1 aliphatic heterocycles. The van der Waals surface area contributed by atoms with Crippen molar-refractivity contribution in [3.8, 4) is 11.4 Å². The lowest BCUT2D eigenvalue weighted by Crippen LogP contribution is -2.37. The number of nitrogens with zero attached hydrogens (tertiary/aromatic N) is 4. The molecule has 0 fully saturated rings. The van der Waals surface area contributed by atoms with Crippen LogP contribution in [0.25, 0.3) is 11.4 Å². The highest BCUT2D eigenvalue weighted by Crippen LogP contribution is 2.27. The topological polar surface area (TPSA) is 51.0 Å². The largest absolute Gasteiger partial charge is 0.337 e. The molecule has 0 bridgehead atoms. The summed E-state index contributed by atoms with van der Waals surface area (Å²) in [7, 11) is 0. The number of aryl methyl sites for hydroxylation is 1. The van der Waals surface area contributed by atoms with E-state index >= 15 is 0 Å². The van der Waals surface area contributed by atoms with Gasteiger partial charge in [-0.25, -0.2) is 4.39 Å². The maximum absolute atomic E-state index is 14.6. The summed E-state index contributed by atoms with van der Waals surface area (Å²) in [4.78, 5) is 14.9. The van der Waals surface area contributed by atoms with E-state index in [0.717, 1.165) is 19.4 Å². The van der Waals surface area contributed by atoms with Crippen LogP contribution in [0.5, 0.6) is 0 Å². The van der Waals surface area contributed by atoms with Gasteiger partial charge in [0.2, 0.25) is 5.91 Å². The summed E-state index contributed by atoms with van der Waals surface area (Å²) >= 11 is 1.36. The van der Waals surface area contributed by atoms with Crippen molar-refractivity contribution in [2.75, 3.05) is 12.3 Å². The molecule has 7 heteroatoms. The number of thioether (sulfide) groups is 1. The van der Waals surface area contributed by atoms with Crippen molar-refractivity contribution < 1.29 is 9.18 Å². The summed E-state index contributed by atoms with van der Waals surface area (Å²) in [5.74, 6) is 0.485. The molecule has 0 N–H and O–H groups in total. The first-order valence-corrected chi connectivity index (χ1v) is 12.4. The lowest BCUT2D eigenvalue weighted by molar-refractivity contribution is -0.129. The highest BCUT2D eigenvalue weighted by molar-refractivity contribution is 7.99. The Bertz CT molecular complexity index is 1290. The Morgan fingerprint density at radius 3 is 2.47 bits per heavy atom. The third kappa shape index (κ3) is 4.89. The molecule has 1 aliphatic rings. The average molecular weight is 473 g/mol. The molecule has 5 rings (SSSR count). The van der Waals surface area contributed by atoms with Crippen LogP contribution in [0, 0.1) is 5.82 Å². The molecule has 5 nitrogen and oxygen atoms in total. The van der Waals surface area contributed by atoms with E-state index in [0.29, 0.717) is 29.6 Å². The minimum atomic E-state index is -0.338. The number of rotatable bonds is 7. The van der Waals surface area contributed by atoms with Crippen LogP contribution in [0.1, 0.15) is 16.7 Å². The van der Waals surface area contributed by atoms with Crippen molar-refractivity contribution in [2.45, 2.75) is 31.1 Å². The number of hydrogen-bond donors (Lipinski definition) is 0. The quantitative estimate of drug-likeness (QED) is 0.355. The zero-order valence-electron chi connectivity index (χ0n) is 18.7. The first kappa shape index (κ1) is 22.3. The summed E-state index contributed by atoms with van der Waals surface area (Å²) in [6.07, 6.45) is 1.63. The van der Waals surface area contributed by atoms with E-state index in [9.17, 15) is 9.18 Å². The molecule has 0 radical (unpaired) electrons. The molecule has 0 aliphatic carbocycles. The van der Waals surface area contributed by atoms with E-state index < -0.39 is 0 Å². The Hall–Kier alpha value is -3.45. The number of amides is 1. The van der Waals surface area contributed by atoms with Crippen molar-refractivity contribution in [2.24, 2.45) is 0 Å². The minimum Gasteiger partial charge on any atom is -0.337 e. The van der Waals surface area contributed by atoms with Crippen molar-refractivity contribution in [3.63, 3.8) is 0 Å². The van der Waals surface area contributed by atoms with Gasteiger partial charge in [0.15, 0.2) is 11.0 Å². The van der Waals surface area contributed by atoms with Crippen LogP contribution in [0.2, 0.25) is 0 Å². The van der Waals surface area contributed by atoms with Gasteiger partial charge in [0.05, 0.1) is 11.3 Å². The average Bonchev–Trinajstić information content (AvgIpc) is 3.29. The molecule has 0 spiro atoms. The molecule has 0 atom stereocenters. The van der Waals surface area contributed by atoms with Gasteiger partial charge in [-0.05, 0) is 41.7 Å².